The molecule has 0 radical (unpaired) electrons. The van der Waals surface area contributed by atoms with Crippen LogP contribution in [0.3, 0.4) is 0 Å². The van der Waals surface area contributed by atoms with Crippen LogP contribution in [0.15, 0.2) is 34.9 Å². The molecule has 0 saturated heterocycles. The topological polar surface area (TPSA) is 84.2 Å². The van der Waals surface area contributed by atoms with E-state index in [1.165, 1.54) is 0 Å². The molecular weight excluding hydrogens is 318 g/mol. The third kappa shape index (κ3) is 5.45. The van der Waals surface area contributed by atoms with Crippen molar-refractivity contribution in [1.29, 1.82) is 0 Å². The van der Waals surface area contributed by atoms with Crippen LogP contribution in [-0.4, -0.2) is 23.3 Å². The number of carbonyl (C=O) groups is 2. The number of nitrogens with one attached hydrogen (secondary N) is 2. The summed E-state index contributed by atoms with van der Waals surface area (Å²) in [5, 5.41) is 5.30. The van der Waals surface area contributed by atoms with E-state index in [0.29, 0.717) is 23.6 Å². The van der Waals surface area contributed by atoms with Gasteiger partial charge in [-0.15, -0.1) is 0 Å². The molecule has 0 aliphatic rings. The van der Waals surface area contributed by atoms with Crippen molar-refractivity contribution in [2.75, 3.05) is 6.54 Å². The molecule has 1 heterocycles. The summed E-state index contributed by atoms with van der Waals surface area (Å²) in [5.74, 6) is 0.670. The molecule has 6 nitrogen and oxygen atoms in total. The Kier molecular flexibility index (Phi) is 5.96. The van der Waals surface area contributed by atoms with E-state index in [1.54, 1.807) is 18.3 Å². The molecule has 0 atom stereocenters. The average molecular weight is 343 g/mol. The number of aromatic nitrogens is 1. The number of rotatable bonds is 6. The third-order valence-corrected chi connectivity index (χ3v) is 3.79. The van der Waals surface area contributed by atoms with E-state index < -0.39 is 0 Å². The van der Waals surface area contributed by atoms with E-state index in [0.717, 1.165) is 5.56 Å². The van der Waals surface area contributed by atoms with Crippen molar-refractivity contribution >= 4 is 11.8 Å². The monoisotopic (exact) mass is 343 g/mol. The van der Waals surface area contributed by atoms with Gasteiger partial charge in [-0.1, -0.05) is 39.8 Å². The summed E-state index contributed by atoms with van der Waals surface area (Å²) in [6.45, 7) is 8.45. The lowest BCUT2D eigenvalue weighted by Crippen LogP contribution is -2.36. The van der Waals surface area contributed by atoms with Gasteiger partial charge in [0.2, 0.25) is 5.91 Å². The fourth-order valence-electron chi connectivity index (χ4n) is 2.23. The number of oxazole rings is 1. The highest BCUT2D eigenvalue weighted by atomic mass is 16.4. The number of carbonyl (C=O) groups excluding carboxylic acids is 2. The Labute approximate surface area is 148 Å². The lowest BCUT2D eigenvalue weighted by atomic mass is 9.87. The first-order valence-electron chi connectivity index (χ1n) is 8.38. The maximum Gasteiger partial charge on any atom is 0.251 e. The van der Waals surface area contributed by atoms with Gasteiger partial charge in [0.1, 0.15) is 5.76 Å². The van der Waals surface area contributed by atoms with Crippen LogP contribution in [-0.2, 0) is 23.2 Å². The van der Waals surface area contributed by atoms with Crippen LogP contribution in [0.25, 0.3) is 0 Å². The Morgan fingerprint density at radius 2 is 1.80 bits per heavy atom. The molecule has 0 saturated carbocycles. The quantitative estimate of drug-likeness (QED) is 0.844. The van der Waals surface area contributed by atoms with Gasteiger partial charge in [-0.05, 0) is 23.1 Å². The van der Waals surface area contributed by atoms with Gasteiger partial charge >= 0.3 is 0 Å². The van der Waals surface area contributed by atoms with Gasteiger partial charge in [-0.2, -0.15) is 0 Å². The first-order valence-corrected chi connectivity index (χ1v) is 8.38. The highest BCUT2D eigenvalue weighted by molar-refractivity contribution is 5.96. The summed E-state index contributed by atoms with van der Waals surface area (Å²) >= 11 is 0. The Morgan fingerprint density at radius 3 is 2.36 bits per heavy atom. The van der Waals surface area contributed by atoms with Gasteiger partial charge in [-0.25, -0.2) is 4.98 Å². The molecule has 2 N–H and O–H groups in total. The van der Waals surface area contributed by atoms with E-state index >= 15 is 0 Å². The van der Waals surface area contributed by atoms with Crippen LogP contribution in [0.2, 0.25) is 0 Å². The molecule has 0 aliphatic heterocycles. The molecule has 2 amide bonds. The summed E-state index contributed by atoms with van der Waals surface area (Å²) in [5.41, 5.74) is 1.72. The predicted octanol–water partition coefficient (Wildman–Crippen LogP) is 2.58. The fourth-order valence-corrected chi connectivity index (χ4v) is 2.23. The minimum atomic E-state index is -0.283. The molecule has 1 aromatic heterocycles. The molecule has 1 aromatic carbocycles. The second-order valence-corrected chi connectivity index (χ2v) is 6.86. The Bertz CT molecular complexity index is 727. The van der Waals surface area contributed by atoms with Crippen molar-refractivity contribution in [3.8, 4) is 0 Å². The first kappa shape index (κ1) is 18.7. The number of hydrogen-bond acceptors (Lipinski definition) is 4. The maximum atomic E-state index is 12.1. The van der Waals surface area contributed by atoms with Crippen molar-refractivity contribution in [3.05, 3.63) is 53.2 Å². The summed E-state index contributed by atoms with van der Waals surface area (Å²) in [4.78, 5) is 28.0. The van der Waals surface area contributed by atoms with E-state index in [1.807, 2.05) is 19.1 Å². The summed E-state index contributed by atoms with van der Waals surface area (Å²) < 4.78 is 5.40. The highest BCUT2D eigenvalue weighted by Crippen LogP contribution is 2.22. The lowest BCUT2D eigenvalue weighted by molar-refractivity contribution is -0.120. The second kappa shape index (κ2) is 7.96. The minimum Gasteiger partial charge on any atom is -0.444 e. The van der Waals surface area contributed by atoms with Gasteiger partial charge in [-0.3, -0.25) is 9.59 Å². The predicted molar refractivity (Wildman–Crippen MR) is 95.2 cm³/mol. The van der Waals surface area contributed by atoms with Crippen LogP contribution in [0.4, 0.5) is 0 Å². The van der Waals surface area contributed by atoms with Crippen LogP contribution in [0, 0.1) is 0 Å². The average Bonchev–Trinajstić information content (AvgIpc) is 3.05. The van der Waals surface area contributed by atoms with Crippen molar-refractivity contribution in [2.24, 2.45) is 0 Å². The number of aryl methyl sites for hydroxylation is 1. The molecule has 134 valence electrons. The highest BCUT2D eigenvalue weighted by Gasteiger charge is 2.14. The number of benzene rings is 1. The van der Waals surface area contributed by atoms with Gasteiger partial charge in [0.15, 0.2) is 5.89 Å². The molecular formula is C19H25N3O3. The van der Waals surface area contributed by atoms with Crippen LogP contribution < -0.4 is 10.6 Å². The van der Waals surface area contributed by atoms with Crippen molar-refractivity contribution in [1.82, 2.24) is 15.6 Å². The van der Waals surface area contributed by atoms with Crippen LogP contribution >= 0.6 is 0 Å². The Balaban J connectivity index is 1.79. The summed E-state index contributed by atoms with van der Waals surface area (Å²) in [6, 6.07) is 7.41. The number of amides is 2. The van der Waals surface area contributed by atoms with Gasteiger partial charge < -0.3 is 15.1 Å². The van der Waals surface area contributed by atoms with E-state index in [9.17, 15) is 9.59 Å². The molecule has 0 bridgehead atoms. The Hall–Kier alpha value is -2.63. The van der Waals surface area contributed by atoms with Crippen LogP contribution in [0.5, 0.6) is 0 Å². The summed E-state index contributed by atoms with van der Waals surface area (Å²) in [6.07, 6.45) is 2.30. The standard InChI is InChI=1S/C19H25N3O3/c1-5-17-21-11-15(25-17)10-20-16(23)12-22-18(24)13-6-8-14(9-7-13)19(2,3)4/h6-9,11H,5,10,12H2,1-4H3,(H,20,23)(H,22,24). The third-order valence-electron chi connectivity index (χ3n) is 3.79. The van der Waals surface area contributed by atoms with E-state index in [4.69, 9.17) is 4.42 Å². The second-order valence-electron chi connectivity index (χ2n) is 6.86. The maximum absolute atomic E-state index is 12.1. The van der Waals surface area contributed by atoms with E-state index in [2.05, 4.69) is 36.4 Å². The zero-order valence-corrected chi connectivity index (χ0v) is 15.2. The molecule has 2 aromatic rings. The molecule has 6 heteroatoms. The first-order chi connectivity index (χ1) is 11.8. The fraction of sp³-hybridized carbons (Fsp3) is 0.421. The molecule has 0 fully saturated rings. The van der Waals surface area contributed by atoms with Crippen molar-refractivity contribution in [2.45, 2.75) is 46.1 Å². The summed E-state index contributed by atoms with van der Waals surface area (Å²) in [7, 11) is 0. The van der Waals surface area contributed by atoms with Crippen molar-refractivity contribution < 1.29 is 14.0 Å². The zero-order valence-electron chi connectivity index (χ0n) is 15.2. The van der Waals surface area contributed by atoms with Gasteiger partial charge in [0.25, 0.3) is 5.91 Å². The van der Waals surface area contributed by atoms with E-state index in [-0.39, 0.29) is 30.3 Å². The SMILES string of the molecule is CCc1ncc(CNC(=O)CNC(=O)c2ccc(C(C)(C)C)cc2)o1. The number of hydrogen-bond donors (Lipinski definition) is 2. The van der Waals surface area contributed by atoms with Crippen molar-refractivity contribution in [3.63, 3.8) is 0 Å². The molecule has 25 heavy (non-hydrogen) atoms. The Morgan fingerprint density at radius 1 is 1.12 bits per heavy atom. The zero-order chi connectivity index (χ0) is 18.4. The smallest absolute Gasteiger partial charge is 0.251 e. The van der Waals surface area contributed by atoms with Gasteiger partial charge in [0, 0.05) is 12.0 Å². The molecule has 2 rings (SSSR count). The minimum absolute atomic E-state index is 0.0350. The lowest BCUT2D eigenvalue weighted by Gasteiger charge is -2.19. The molecule has 0 unspecified atom stereocenters. The normalized spacial score (nSPS) is 11.2. The molecule has 0 aliphatic carbocycles. The number of nitrogens with zero attached hydrogens (tertiary/aromatic N) is 1. The van der Waals surface area contributed by atoms with Gasteiger partial charge in [0.05, 0.1) is 19.3 Å². The van der Waals surface area contributed by atoms with Crippen LogP contribution in [0.1, 0.15) is 55.3 Å². The molecule has 0 spiro atoms. The largest absolute Gasteiger partial charge is 0.444 e.